The van der Waals surface area contributed by atoms with Gasteiger partial charge in [0.25, 0.3) is 0 Å². The van der Waals surface area contributed by atoms with Gasteiger partial charge in [0.05, 0.1) is 0 Å². The molecule has 0 saturated carbocycles. The van der Waals surface area contributed by atoms with Crippen molar-refractivity contribution in [3.63, 3.8) is 0 Å². The maximum absolute atomic E-state index is 12.6. The number of halogens is 3. The molecule has 2 saturated heterocycles. The number of β-lactam (4-membered cyclic amide) rings is 1. The summed E-state index contributed by atoms with van der Waals surface area (Å²) in [5.74, 6) is -3.53. The van der Waals surface area contributed by atoms with Gasteiger partial charge in [0.2, 0.25) is 5.91 Å². The molecule has 3 atom stereocenters. The molecule has 2 aliphatic heterocycles. The molecule has 10 heteroatoms. The lowest BCUT2D eigenvalue weighted by molar-refractivity contribution is -0.179. The highest BCUT2D eigenvalue weighted by molar-refractivity contribution is 8.01. The van der Waals surface area contributed by atoms with Crippen LogP contribution in [0.5, 0.6) is 0 Å². The van der Waals surface area contributed by atoms with Crippen LogP contribution in [0.15, 0.2) is 30.3 Å². The van der Waals surface area contributed by atoms with E-state index >= 15 is 0 Å². The van der Waals surface area contributed by atoms with Gasteiger partial charge in [-0.05, 0) is 19.4 Å². The highest BCUT2D eigenvalue weighted by Crippen LogP contribution is 2.51. The smallest absolute Gasteiger partial charge is 0.459 e. The lowest BCUT2D eigenvalue weighted by Gasteiger charge is -2.43. The second kappa shape index (κ2) is 6.74. The Kier molecular flexibility index (Phi) is 4.87. The molecule has 146 valence electrons. The fraction of sp³-hybridized carbons (Fsp3) is 0.471. The van der Waals surface area contributed by atoms with Gasteiger partial charge in [0, 0.05) is 4.75 Å². The first-order valence-corrected chi connectivity index (χ1v) is 8.98. The van der Waals surface area contributed by atoms with Gasteiger partial charge in [-0.25, -0.2) is 4.79 Å². The average Bonchev–Trinajstić information content (AvgIpc) is 2.85. The number of nitrogens with one attached hydrogen (secondary N) is 1. The van der Waals surface area contributed by atoms with Crippen LogP contribution in [0.3, 0.4) is 0 Å². The number of nitrogens with zero attached hydrogens (tertiary/aromatic N) is 1. The molecule has 0 unspecified atom stereocenters. The predicted molar refractivity (Wildman–Crippen MR) is 90.3 cm³/mol. The standard InChI is InChI=1S/C17H17F3N2O4S/c1-16(2)11(14(24)26-8-9-6-4-3-5-7-9)22-12(23)10(13(22)27-16)21-15(25)17(18,19)20/h3-7,10-11,13H,8H2,1-2H3,(H,21,25)/t10-,11-,13+/m0/s1. The number of carbonyl (C=O) groups excluding carboxylic acids is 3. The zero-order valence-corrected chi connectivity index (χ0v) is 15.3. The lowest BCUT2D eigenvalue weighted by atomic mass is 9.96. The zero-order valence-electron chi connectivity index (χ0n) is 14.4. The van der Waals surface area contributed by atoms with Crippen LogP contribution in [0.4, 0.5) is 13.2 Å². The fourth-order valence-corrected chi connectivity index (χ4v) is 4.78. The molecule has 0 aromatic heterocycles. The van der Waals surface area contributed by atoms with Gasteiger partial charge in [-0.15, -0.1) is 11.8 Å². The average molecular weight is 402 g/mol. The fourth-order valence-electron chi connectivity index (χ4n) is 3.16. The van der Waals surface area contributed by atoms with E-state index in [2.05, 4.69) is 0 Å². The normalized spacial score (nSPS) is 26.2. The Morgan fingerprint density at radius 2 is 1.89 bits per heavy atom. The van der Waals surface area contributed by atoms with Crippen LogP contribution in [0.1, 0.15) is 19.4 Å². The predicted octanol–water partition coefficient (Wildman–Crippen LogP) is 1.84. The van der Waals surface area contributed by atoms with E-state index < -0.39 is 46.2 Å². The van der Waals surface area contributed by atoms with Gasteiger partial charge in [-0.2, -0.15) is 13.2 Å². The summed E-state index contributed by atoms with van der Waals surface area (Å²) in [6, 6.07) is 6.71. The molecule has 0 bridgehead atoms. The number of fused-ring (bicyclic) bond motifs is 1. The van der Waals surface area contributed by atoms with Crippen molar-refractivity contribution in [1.82, 2.24) is 10.2 Å². The number of rotatable bonds is 4. The second-order valence-corrected chi connectivity index (χ2v) is 8.57. The van der Waals surface area contributed by atoms with Crippen LogP contribution in [0.25, 0.3) is 0 Å². The molecule has 3 rings (SSSR count). The molecular weight excluding hydrogens is 385 g/mol. The molecule has 1 N–H and O–H groups in total. The summed E-state index contributed by atoms with van der Waals surface area (Å²) in [6.07, 6.45) is -5.08. The summed E-state index contributed by atoms with van der Waals surface area (Å²) in [6.45, 7) is 3.44. The van der Waals surface area contributed by atoms with Crippen molar-refractivity contribution in [2.45, 2.75) is 48.8 Å². The van der Waals surface area contributed by atoms with Crippen LogP contribution in [0, 0.1) is 0 Å². The number of hydrogen-bond acceptors (Lipinski definition) is 5. The number of benzene rings is 1. The summed E-state index contributed by atoms with van der Waals surface area (Å²) < 4.78 is 41.9. The Balaban J connectivity index is 1.68. The SMILES string of the molecule is CC1(C)S[C@@H]2[C@@H](NC(=O)C(F)(F)F)C(=O)N2[C@H]1C(=O)OCc1ccccc1. The summed E-state index contributed by atoms with van der Waals surface area (Å²) in [5.41, 5.74) is 0.774. The highest BCUT2D eigenvalue weighted by atomic mass is 32.2. The van der Waals surface area contributed by atoms with E-state index in [1.807, 2.05) is 6.07 Å². The maximum Gasteiger partial charge on any atom is 0.471 e. The minimum absolute atomic E-state index is 0.0257. The van der Waals surface area contributed by atoms with E-state index in [0.717, 1.165) is 17.3 Å². The number of carbonyl (C=O) groups is 3. The molecule has 1 aromatic carbocycles. The van der Waals surface area contributed by atoms with Gasteiger partial charge in [0.1, 0.15) is 24.1 Å². The van der Waals surface area contributed by atoms with Crippen LogP contribution in [-0.2, 0) is 25.7 Å². The van der Waals surface area contributed by atoms with Crippen molar-refractivity contribution in [3.8, 4) is 0 Å². The van der Waals surface area contributed by atoms with Gasteiger partial charge in [-0.3, -0.25) is 9.59 Å². The maximum atomic E-state index is 12.6. The molecule has 1 aromatic rings. The highest BCUT2D eigenvalue weighted by Gasteiger charge is 2.65. The van der Waals surface area contributed by atoms with Crippen LogP contribution in [0.2, 0.25) is 0 Å². The van der Waals surface area contributed by atoms with E-state index in [1.54, 1.807) is 43.4 Å². The van der Waals surface area contributed by atoms with E-state index in [-0.39, 0.29) is 6.61 Å². The summed E-state index contributed by atoms with van der Waals surface area (Å²) >= 11 is 1.16. The lowest BCUT2D eigenvalue weighted by Crippen LogP contribution is -2.71. The van der Waals surface area contributed by atoms with Crippen molar-refractivity contribution in [3.05, 3.63) is 35.9 Å². The van der Waals surface area contributed by atoms with Crippen molar-refractivity contribution >= 4 is 29.5 Å². The molecule has 2 amide bonds. The number of hydrogen-bond donors (Lipinski definition) is 1. The molecule has 0 aliphatic carbocycles. The largest absolute Gasteiger partial charge is 0.471 e. The third-order valence-corrected chi connectivity index (χ3v) is 6.00. The number of alkyl halides is 3. The first-order chi connectivity index (χ1) is 12.5. The quantitative estimate of drug-likeness (QED) is 0.615. The van der Waals surface area contributed by atoms with Crippen LogP contribution >= 0.6 is 11.8 Å². The monoisotopic (exact) mass is 402 g/mol. The first kappa shape index (κ1) is 19.5. The van der Waals surface area contributed by atoms with Crippen LogP contribution in [-0.4, -0.2) is 51.1 Å². The minimum atomic E-state index is -5.08. The van der Waals surface area contributed by atoms with Crippen LogP contribution < -0.4 is 5.32 Å². The van der Waals surface area contributed by atoms with Gasteiger partial charge in [-0.1, -0.05) is 30.3 Å². The third-order valence-electron chi connectivity index (χ3n) is 4.43. The Bertz CT molecular complexity index is 769. The molecule has 2 fully saturated rings. The minimum Gasteiger partial charge on any atom is -0.459 e. The van der Waals surface area contributed by atoms with Gasteiger partial charge < -0.3 is 15.0 Å². The molecule has 6 nitrogen and oxygen atoms in total. The van der Waals surface area contributed by atoms with E-state index in [0.29, 0.717) is 0 Å². The summed E-state index contributed by atoms with van der Waals surface area (Å²) in [4.78, 5) is 37.2. The van der Waals surface area contributed by atoms with Crippen molar-refractivity contribution in [2.24, 2.45) is 0 Å². The zero-order chi connectivity index (χ0) is 20.0. The number of thioether (sulfide) groups is 1. The number of amides is 2. The molecular formula is C17H17F3N2O4S. The van der Waals surface area contributed by atoms with Gasteiger partial charge in [0.15, 0.2) is 0 Å². The van der Waals surface area contributed by atoms with Crippen molar-refractivity contribution in [2.75, 3.05) is 0 Å². The molecule has 27 heavy (non-hydrogen) atoms. The Hall–Kier alpha value is -2.23. The Labute approximate surface area is 157 Å². The van der Waals surface area contributed by atoms with E-state index in [9.17, 15) is 27.6 Å². The van der Waals surface area contributed by atoms with E-state index in [1.165, 1.54) is 4.90 Å². The molecule has 0 spiro atoms. The van der Waals surface area contributed by atoms with Gasteiger partial charge >= 0.3 is 18.1 Å². The molecule has 0 radical (unpaired) electrons. The summed E-state index contributed by atoms with van der Waals surface area (Å²) in [7, 11) is 0. The topological polar surface area (TPSA) is 75.7 Å². The number of ether oxygens (including phenoxy) is 1. The van der Waals surface area contributed by atoms with E-state index in [4.69, 9.17) is 4.74 Å². The second-order valence-electron chi connectivity index (χ2n) is 6.80. The van der Waals surface area contributed by atoms with Crippen molar-refractivity contribution < 1.29 is 32.3 Å². The first-order valence-electron chi connectivity index (χ1n) is 8.10. The Morgan fingerprint density at radius 1 is 1.26 bits per heavy atom. The molecule has 2 aliphatic rings. The Morgan fingerprint density at radius 3 is 2.48 bits per heavy atom. The summed E-state index contributed by atoms with van der Waals surface area (Å²) in [5, 5.41) is 0.962. The number of esters is 1. The molecule has 2 heterocycles. The van der Waals surface area contributed by atoms with Crippen molar-refractivity contribution in [1.29, 1.82) is 0 Å². The third kappa shape index (κ3) is 3.62.